The summed E-state index contributed by atoms with van der Waals surface area (Å²) in [7, 11) is 0. The summed E-state index contributed by atoms with van der Waals surface area (Å²) in [4.78, 5) is 14.3. The third-order valence-electron chi connectivity index (χ3n) is 6.70. The Morgan fingerprint density at radius 1 is 1.08 bits per heavy atom. The normalized spacial score (nSPS) is 28.9. The van der Waals surface area contributed by atoms with Gasteiger partial charge in [0.15, 0.2) is 0 Å². The number of nitrogens with zero attached hydrogens (tertiary/aromatic N) is 1. The molecule has 2 bridgehead atoms. The largest absolute Gasteiger partial charge is 0.448 e. The monoisotopic (exact) mass is 349 g/mol. The van der Waals surface area contributed by atoms with Crippen LogP contribution in [0.5, 0.6) is 0 Å². The Balaban J connectivity index is 1.31. The third-order valence-corrected chi connectivity index (χ3v) is 6.70. The molecule has 1 saturated carbocycles. The number of rotatable bonds is 2. The van der Waals surface area contributed by atoms with Crippen molar-refractivity contribution in [2.75, 3.05) is 19.7 Å². The minimum absolute atomic E-state index is 0.0915. The first kappa shape index (κ1) is 15.9. The summed E-state index contributed by atoms with van der Waals surface area (Å²) in [5, 5.41) is 10.3. The molecule has 4 nitrogen and oxygen atoms in total. The molecule has 2 aliphatic heterocycles. The molecule has 3 fully saturated rings. The first-order chi connectivity index (χ1) is 12.6. The Labute approximate surface area is 153 Å². The fraction of sp³-hybridized carbons (Fsp3) is 0.409. The molecule has 2 aliphatic carbocycles. The van der Waals surface area contributed by atoms with Gasteiger partial charge in [0.05, 0.1) is 5.60 Å². The molecule has 2 heterocycles. The topological polar surface area (TPSA) is 49.8 Å². The second kappa shape index (κ2) is 5.58. The van der Waals surface area contributed by atoms with Crippen molar-refractivity contribution in [3.63, 3.8) is 0 Å². The van der Waals surface area contributed by atoms with Crippen LogP contribution in [0.1, 0.15) is 30.4 Å². The van der Waals surface area contributed by atoms with E-state index in [2.05, 4.69) is 36.4 Å². The number of carbonyl (C=O) groups is 1. The molecule has 4 heteroatoms. The van der Waals surface area contributed by atoms with Gasteiger partial charge in [0, 0.05) is 30.8 Å². The van der Waals surface area contributed by atoms with E-state index >= 15 is 0 Å². The molecule has 1 unspecified atom stereocenters. The average Bonchev–Trinajstić information content (AvgIpc) is 3.00. The van der Waals surface area contributed by atoms with Gasteiger partial charge in [-0.15, -0.1) is 0 Å². The Bertz CT molecular complexity index is 816. The molecule has 2 saturated heterocycles. The van der Waals surface area contributed by atoms with Crippen LogP contribution in [-0.4, -0.2) is 41.4 Å². The lowest BCUT2D eigenvalue weighted by molar-refractivity contribution is -0.178. The van der Waals surface area contributed by atoms with Crippen molar-refractivity contribution < 1.29 is 14.6 Å². The minimum atomic E-state index is -0.611. The second-order valence-corrected chi connectivity index (χ2v) is 8.06. The molecule has 2 aromatic carbocycles. The average molecular weight is 349 g/mol. The zero-order valence-electron chi connectivity index (χ0n) is 14.9. The number of piperidine rings is 2. The lowest BCUT2D eigenvalue weighted by Gasteiger charge is -2.57. The van der Waals surface area contributed by atoms with Gasteiger partial charge in [0.1, 0.15) is 6.61 Å². The lowest BCUT2D eigenvalue weighted by atomic mass is 9.59. The van der Waals surface area contributed by atoms with Gasteiger partial charge in [0.2, 0.25) is 0 Å². The van der Waals surface area contributed by atoms with Crippen molar-refractivity contribution in [3.05, 3.63) is 59.7 Å². The van der Waals surface area contributed by atoms with Crippen LogP contribution in [-0.2, 0) is 4.74 Å². The molecular weight excluding hydrogens is 326 g/mol. The van der Waals surface area contributed by atoms with Crippen LogP contribution in [0.15, 0.2) is 48.5 Å². The van der Waals surface area contributed by atoms with Gasteiger partial charge in [0.25, 0.3) is 0 Å². The van der Waals surface area contributed by atoms with E-state index in [0.717, 1.165) is 6.42 Å². The Kier molecular flexibility index (Phi) is 3.41. The van der Waals surface area contributed by atoms with Gasteiger partial charge >= 0.3 is 6.09 Å². The highest BCUT2D eigenvalue weighted by molar-refractivity contribution is 5.79. The molecule has 4 aliphatic rings. The summed E-state index contributed by atoms with van der Waals surface area (Å²) in [6.07, 6.45) is 0.761. The molecule has 3 atom stereocenters. The van der Waals surface area contributed by atoms with Crippen LogP contribution in [0.3, 0.4) is 0 Å². The lowest BCUT2D eigenvalue weighted by Crippen LogP contribution is -2.66. The molecule has 134 valence electrons. The quantitative estimate of drug-likeness (QED) is 0.901. The summed E-state index contributed by atoms with van der Waals surface area (Å²) in [5.41, 5.74) is 4.32. The number of aliphatic hydroxyl groups is 1. The maximum Gasteiger partial charge on any atom is 0.409 e. The molecule has 1 N–H and O–H groups in total. The summed E-state index contributed by atoms with van der Waals surface area (Å²) < 4.78 is 5.72. The highest BCUT2D eigenvalue weighted by Gasteiger charge is 2.55. The number of fused-ring (bicyclic) bond motifs is 5. The molecule has 0 radical (unpaired) electrons. The second-order valence-electron chi connectivity index (χ2n) is 8.06. The predicted molar refractivity (Wildman–Crippen MR) is 98.9 cm³/mol. The fourth-order valence-corrected chi connectivity index (χ4v) is 4.95. The number of hydrogen-bond acceptors (Lipinski definition) is 3. The number of amides is 1. The summed E-state index contributed by atoms with van der Waals surface area (Å²) in [6, 6.07) is 16.7. The molecular formula is C22H23NO3. The van der Waals surface area contributed by atoms with Crippen LogP contribution < -0.4 is 0 Å². The number of hydrogen-bond donors (Lipinski definition) is 1. The van der Waals surface area contributed by atoms with Crippen molar-refractivity contribution in [1.82, 2.24) is 4.90 Å². The SMILES string of the molecule is CC1(O)[C@@H]2C[C@H]1CN(C(=O)OCC1c3ccccc3-c3ccccc31)C2. The minimum Gasteiger partial charge on any atom is -0.448 e. The number of ether oxygens (including phenoxy) is 1. The van der Waals surface area contributed by atoms with Gasteiger partial charge in [-0.1, -0.05) is 48.5 Å². The van der Waals surface area contributed by atoms with E-state index in [1.165, 1.54) is 22.3 Å². The Morgan fingerprint density at radius 2 is 1.62 bits per heavy atom. The van der Waals surface area contributed by atoms with E-state index in [9.17, 15) is 9.90 Å². The maximum absolute atomic E-state index is 12.6. The molecule has 1 amide bonds. The van der Waals surface area contributed by atoms with Crippen LogP contribution in [0.25, 0.3) is 11.1 Å². The van der Waals surface area contributed by atoms with Crippen molar-refractivity contribution in [2.24, 2.45) is 11.8 Å². The van der Waals surface area contributed by atoms with E-state index in [0.29, 0.717) is 19.7 Å². The highest BCUT2D eigenvalue weighted by Crippen LogP contribution is 2.49. The molecule has 0 spiro atoms. The van der Waals surface area contributed by atoms with Crippen molar-refractivity contribution in [2.45, 2.75) is 24.9 Å². The Morgan fingerprint density at radius 3 is 2.15 bits per heavy atom. The van der Waals surface area contributed by atoms with E-state index in [1.807, 2.05) is 19.1 Å². The predicted octanol–water partition coefficient (Wildman–Crippen LogP) is 3.64. The first-order valence-electron chi connectivity index (χ1n) is 9.38. The summed E-state index contributed by atoms with van der Waals surface area (Å²) in [6.45, 7) is 3.44. The summed E-state index contributed by atoms with van der Waals surface area (Å²) >= 11 is 0. The van der Waals surface area contributed by atoms with E-state index in [4.69, 9.17) is 4.74 Å². The van der Waals surface area contributed by atoms with Gasteiger partial charge < -0.3 is 14.7 Å². The van der Waals surface area contributed by atoms with Crippen LogP contribution in [0.2, 0.25) is 0 Å². The Hall–Kier alpha value is -2.33. The summed E-state index contributed by atoms with van der Waals surface area (Å²) in [5.74, 6) is 0.456. The fourth-order valence-electron chi connectivity index (χ4n) is 4.95. The molecule has 2 aromatic rings. The van der Waals surface area contributed by atoms with Crippen LogP contribution >= 0.6 is 0 Å². The zero-order valence-corrected chi connectivity index (χ0v) is 14.9. The van der Waals surface area contributed by atoms with Gasteiger partial charge in [-0.05, 0) is 35.6 Å². The van der Waals surface area contributed by atoms with Crippen molar-refractivity contribution in [3.8, 4) is 11.1 Å². The smallest absolute Gasteiger partial charge is 0.409 e. The third kappa shape index (κ3) is 2.21. The van der Waals surface area contributed by atoms with Crippen LogP contribution in [0.4, 0.5) is 4.79 Å². The first-order valence-corrected chi connectivity index (χ1v) is 9.38. The van der Waals surface area contributed by atoms with E-state index in [1.54, 1.807) is 4.90 Å². The molecule has 26 heavy (non-hydrogen) atoms. The van der Waals surface area contributed by atoms with Crippen molar-refractivity contribution >= 4 is 6.09 Å². The highest BCUT2D eigenvalue weighted by atomic mass is 16.6. The van der Waals surface area contributed by atoms with E-state index < -0.39 is 5.60 Å². The number of carbonyl (C=O) groups excluding carboxylic acids is 1. The zero-order chi connectivity index (χ0) is 17.9. The van der Waals surface area contributed by atoms with Gasteiger partial charge in [-0.25, -0.2) is 4.79 Å². The van der Waals surface area contributed by atoms with Crippen molar-refractivity contribution in [1.29, 1.82) is 0 Å². The maximum atomic E-state index is 12.6. The van der Waals surface area contributed by atoms with Gasteiger partial charge in [-0.2, -0.15) is 0 Å². The van der Waals surface area contributed by atoms with Gasteiger partial charge in [-0.3, -0.25) is 0 Å². The molecule has 0 aromatic heterocycles. The van der Waals surface area contributed by atoms with Crippen LogP contribution in [0, 0.1) is 11.8 Å². The number of benzene rings is 2. The standard InChI is InChI=1S/C22H23NO3/c1-22(25)14-10-15(22)12-23(11-14)21(24)26-13-20-18-8-4-2-6-16(18)17-7-3-5-9-19(17)20/h2-9,14-15,20,25H,10-13H2,1H3/t14-,15+,22?. The van der Waals surface area contributed by atoms with E-state index in [-0.39, 0.29) is 23.8 Å². The molecule has 6 rings (SSSR count).